The Kier molecular flexibility index (Phi) is 19.8. The molecule has 0 bridgehead atoms. The topological polar surface area (TPSA) is 3.24 Å². The van der Waals surface area contributed by atoms with E-state index in [0.717, 1.165) is 36.1 Å². The van der Waals surface area contributed by atoms with E-state index in [2.05, 4.69) is 114 Å². The average Bonchev–Trinajstić information content (AvgIpc) is 2.99. The molecular weight excluding hydrogens is 518 g/mol. The van der Waals surface area contributed by atoms with Gasteiger partial charge in [0.1, 0.15) is 0 Å². The Bertz CT molecular complexity index is 850. The minimum absolute atomic E-state index is 0.679. The zero-order chi connectivity index (χ0) is 31.3. The number of rotatable bonds is 25. The summed E-state index contributed by atoms with van der Waals surface area (Å²) in [5.41, 5.74) is 2.59. The molecule has 5 atom stereocenters. The molecule has 0 aliphatic rings. The van der Waals surface area contributed by atoms with Gasteiger partial charge in [0.2, 0.25) is 0 Å². The Morgan fingerprint density at radius 2 is 0.674 bits per heavy atom. The normalized spacial score (nSPS) is 15.3. The first-order valence-corrected chi connectivity index (χ1v) is 18.6. The van der Waals surface area contributed by atoms with E-state index >= 15 is 0 Å². The third-order valence-electron chi connectivity index (χ3n) is 9.93. The molecule has 0 saturated heterocycles. The van der Waals surface area contributed by atoms with Crippen LogP contribution in [-0.2, 0) is 0 Å². The molecule has 2 rings (SSSR count). The molecule has 0 amide bonds. The predicted molar refractivity (Wildman–Crippen MR) is 194 cm³/mol. The summed E-state index contributed by atoms with van der Waals surface area (Å²) in [5.74, 6) is 5.15. The summed E-state index contributed by atoms with van der Waals surface area (Å²) in [6.45, 7) is 18.2. The van der Waals surface area contributed by atoms with Crippen molar-refractivity contribution < 1.29 is 0 Å². The van der Waals surface area contributed by atoms with Crippen molar-refractivity contribution in [3.8, 4) is 0 Å². The summed E-state index contributed by atoms with van der Waals surface area (Å²) in [6, 6.07) is 21.8. The Labute approximate surface area is 269 Å². The zero-order valence-electron chi connectivity index (χ0n) is 29.7. The molecule has 0 saturated carbocycles. The summed E-state index contributed by atoms with van der Waals surface area (Å²) >= 11 is 0. The van der Waals surface area contributed by atoms with Gasteiger partial charge < -0.3 is 4.90 Å². The first-order chi connectivity index (χ1) is 20.7. The molecule has 5 unspecified atom stereocenters. The molecule has 0 spiro atoms. The van der Waals surface area contributed by atoms with E-state index < -0.39 is 0 Å². The zero-order valence-corrected chi connectivity index (χ0v) is 29.7. The summed E-state index contributed by atoms with van der Waals surface area (Å²) in [6.07, 6.45) is 22.6. The van der Waals surface area contributed by atoms with Crippen LogP contribution in [0.2, 0.25) is 0 Å². The minimum atomic E-state index is 0.679. The van der Waals surface area contributed by atoms with Crippen LogP contribution in [0.1, 0.15) is 151 Å². The number of benzene rings is 2. The summed E-state index contributed by atoms with van der Waals surface area (Å²) < 4.78 is 0. The lowest BCUT2D eigenvalue weighted by Crippen LogP contribution is -2.23. The lowest BCUT2D eigenvalue weighted by molar-refractivity contribution is 0.368. The van der Waals surface area contributed by atoms with E-state index in [9.17, 15) is 0 Å². The van der Waals surface area contributed by atoms with Gasteiger partial charge in [-0.2, -0.15) is 0 Å². The molecule has 244 valence electrons. The maximum atomic E-state index is 2.50. The molecule has 0 N–H and O–H groups in total. The second kappa shape index (κ2) is 22.7. The van der Waals surface area contributed by atoms with E-state index in [1.54, 1.807) is 0 Å². The quantitative estimate of drug-likeness (QED) is 0.104. The van der Waals surface area contributed by atoms with E-state index in [1.165, 1.54) is 114 Å². The van der Waals surface area contributed by atoms with Gasteiger partial charge >= 0.3 is 0 Å². The smallest absolute Gasteiger partial charge is 0.0410 e. The number of nitrogens with zero attached hydrogens (tertiary/aromatic N) is 1. The Morgan fingerprint density at radius 1 is 0.372 bits per heavy atom. The molecule has 0 aliphatic carbocycles. The summed E-state index contributed by atoms with van der Waals surface area (Å²) in [4.78, 5) is 2.49. The van der Waals surface area contributed by atoms with Crippen LogP contribution in [-0.4, -0.2) is 6.54 Å². The van der Waals surface area contributed by atoms with Crippen molar-refractivity contribution in [2.45, 2.75) is 151 Å². The van der Waals surface area contributed by atoms with Gasteiger partial charge in [-0.1, -0.05) is 181 Å². The van der Waals surface area contributed by atoms with Gasteiger partial charge in [-0.25, -0.2) is 0 Å². The number of hydrogen-bond donors (Lipinski definition) is 0. The standard InChI is InChI=1S/C42H71N/c1-35(2)20-16-23-38(5)26-17-24-36(3)21-14-15-22-37(4)25-18-27-39(6)28-19-29-40(7)34-43(41-30-10-8-11-31-41)42-32-12-9-13-33-42/h8-13,30-33,35-40H,14-29,34H2,1-7H3. The van der Waals surface area contributed by atoms with Crippen LogP contribution in [0.25, 0.3) is 0 Å². The van der Waals surface area contributed by atoms with Gasteiger partial charge in [0.25, 0.3) is 0 Å². The lowest BCUT2D eigenvalue weighted by Gasteiger charge is -2.28. The fourth-order valence-electron chi connectivity index (χ4n) is 6.86. The molecule has 0 aromatic heterocycles. The van der Waals surface area contributed by atoms with Gasteiger partial charge in [0.05, 0.1) is 0 Å². The monoisotopic (exact) mass is 590 g/mol. The molecular formula is C42H71N. The molecule has 0 heterocycles. The maximum Gasteiger partial charge on any atom is 0.0410 e. The number of anilines is 2. The summed E-state index contributed by atoms with van der Waals surface area (Å²) in [5, 5.41) is 0. The molecule has 2 aromatic rings. The van der Waals surface area contributed by atoms with Crippen LogP contribution < -0.4 is 4.90 Å². The first kappa shape index (κ1) is 37.4. The number of para-hydroxylation sites is 2. The third kappa shape index (κ3) is 18.0. The second-order valence-corrected chi connectivity index (χ2v) is 15.2. The van der Waals surface area contributed by atoms with Crippen LogP contribution in [0.15, 0.2) is 60.7 Å². The first-order valence-electron chi connectivity index (χ1n) is 18.6. The summed E-state index contributed by atoms with van der Waals surface area (Å²) in [7, 11) is 0. The van der Waals surface area contributed by atoms with Crippen molar-refractivity contribution in [1.29, 1.82) is 0 Å². The highest BCUT2D eigenvalue weighted by atomic mass is 15.1. The van der Waals surface area contributed by atoms with Crippen LogP contribution in [0.5, 0.6) is 0 Å². The van der Waals surface area contributed by atoms with Crippen molar-refractivity contribution >= 4 is 11.4 Å². The molecule has 0 aliphatic heterocycles. The van der Waals surface area contributed by atoms with E-state index in [4.69, 9.17) is 0 Å². The van der Waals surface area contributed by atoms with Crippen molar-refractivity contribution in [1.82, 2.24) is 0 Å². The Hall–Kier alpha value is -1.76. The van der Waals surface area contributed by atoms with Crippen molar-refractivity contribution in [3.05, 3.63) is 60.7 Å². The minimum Gasteiger partial charge on any atom is -0.341 e. The number of unbranched alkanes of at least 4 members (excludes halogenated alkanes) is 1. The van der Waals surface area contributed by atoms with Crippen molar-refractivity contribution in [2.24, 2.45) is 35.5 Å². The van der Waals surface area contributed by atoms with Gasteiger partial charge in [-0.05, 0) is 66.2 Å². The second-order valence-electron chi connectivity index (χ2n) is 15.2. The highest BCUT2D eigenvalue weighted by Gasteiger charge is 2.14. The van der Waals surface area contributed by atoms with Crippen molar-refractivity contribution in [2.75, 3.05) is 11.4 Å². The van der Waals surface area contributed by atoms with Gasteiger partial charge in [0, 0.05) is 17.9 Å². The highest BCUT2D eigenvalue weighted by molar-refractivity contribution is 5.62. The van der Waals surface area contributed by atoms with Crippen LogP contribution in [0.3, 0.4) is 0 Å². The Balaban J connectivity index is 1.50. The van der Waals surface area contributed by atoms with Crippen LogP contribution in [0.4, 0.5) is 11.4 Å². The molecule has 1 heteroatoms. The van der Waals surface area contributed by atoms with Crippen LogP contribution >= 0.6 is 0 Å². The van der Waals surface area contributed by atoms with Gasteiger partial charge in [-0.15, -0.1) is 0 Å². The molecule has 0 radical (unpaired) electrons. The molecule has 0 fully saturated rings. The molecule has 1 nitrogen and oxygen atoms in total. The third-order valence-corrected chi connectivity index (χ3v) is 9.93. The highest BCUT2D eigenvalue weighted by Crippen LogP contribution is 2.28. The Morgan fingerprint density at radius 3 is 1.02 bits per heavy atom. The largest absolute Gasteiger partial charge is 0.341 e. The molecule has 2 aromatic carbocycles. The van der Waals surface area contributed by atoms with E-state index in [0.29, 0.717) is 5.92 Å². The average molecular weight is 590 g/mol. The SMILES string of the molecule is CC(C)CCCC(C)CCCC(C)CCCCC(C)CCCC(C)CCCC(C)CN(c1ccccc1)c1ccccc1. The van der Waals surface area contributed by atoms with Crippen molar-refractivity contribution in [3.63, 3.8) is 0 Å². The lowest BCUT2D eigenvalue weighted by atomic mass is 9.90. The van der Waals surface area contributed by atoms with Crippen LogP contribution in [0, 0.1) is 35.5 Å². The number of hydrogen-bond acceptors (Lipinski definition) is 1. The van der Waals surface area contributed by atoms with Gasteiger partial charge in [0.15, 0.2) is 0 Å². The molecule has 43 heavy (non-hydrogen) atoms. The van der Waals surface area contributed by atoms with E-state index in [1.807, 2.05) is 0 Å². The maximum absolute atomic E-state index is 2.50. The van der Waals surface area contributed by atoms with E-state index in [-0.39, 0.29) is 0 Å². The predicted octanol–water partition coefficient (Wildman–Crippen LogP) is 13.9. The van der Waals surface area contributed by atoms with Gasteiger partial charge in [-0.3, -0.25) is 0 Å². The fourth-order valence-corrected chi connectivity index (χ4v) is 6.86. The fraction of sp³-hybridized carbons (Fsp3) is 0.714.